The van der Waals surface area contributed by atoms with E-state index in [2.05, 4.69) is 6.92 Å². The highest BCUT2D eigenvalue weighted by Gasteiger charge is 2.22. The van der Waals surface area contributed by atoms with E-state index in [-0.39, 0.29) is 11.6 Å². The average Bonchev–Trinajstić information content (AvgIpc) is 2.58. The van der Waals surface area contributed by atoms with Crippen molar-refractivity contribution in [3.8, 4) is 0 Å². The summed E-state index contributed by atoms with van der Waals surface area (Å²) in [6.45, 7) is 2.07. The fourth-order valence-electron chi connectivity index (χ4n) is 3.05. The van der Waals surface area contributed by atoms with E-state index < -0.39 is 0 Å². The van der Waals surface area contributed by atoms with Crippen molar-refractivity contribution in [1.29, 1.82) is 0 Å². The van der Waals surface area contributed by atoms with Crippen LogP contribution in [0, 0.1) is 5.92 Å². The SMILES string of the molecule is CCCCC(=O)/C(=C\C1CCCCC1)C(=O)c1ccccc1. The molecule has 0 bridgehead atoms. The lowest BCUT2D eigenvalue weighted by Crippen LogP contribution is -2.16. The van der Waals surface area contributed by atoms with Crippen LogP contribution in [0.5, 0.6) is 0 Å². The summed E-state index contributed by atoms with van der Waals surface area (Å²) in [5.41, 5.74) is 1.04. The molecule has 1 aromatic carbocycles. The molecule has 118 valence electrons. The van der Waals surface area contributed by atoms with Crippen molar-refractivity contribution in [3.63, 3.8) is 0 Å². The number of Topliss-reactive ketones (excluding diaryl/α,β-unsaturated/α-hetero) is 2. The minimum Gasteiger partial charge on any atom is -0.294 e. The largest absolute Gasteiger partial charge is 0.294 e. The third-order valence-electron chi connectivity index (χ3n) is 4.39. The maximum absolute atomic E-state index is 12.7. The lowest BCUT2D eigenvalue weighted by Gasteiger charge is -2.19. The minimum atomic E-state index is -0.104. The van der Waals surface area contributed by atoms with Crippen LogP contribution in [0.15, 0.2) is 42.0 Å². The first kappa shape index (κ1) is 16.7. The highest BCUT2D eigenvalue weighted by atomic mass is 16.1. The van der Waals surface area contributed by atoms with E-state index >= 15 is 0 Å². The number of allylic oxidation sites excluding steroid dienone is 2. The van der Waals surface area contributed by atoms with Gasteiger partial charge in [0.2, 0.25) is 0 Å². The number of hydrogen-bond donors (Lipinski definition) is 0. The first-order valence-corrected chi connectivity index (χ1v) is 8.57. The van der Waals surface area contributed by atoms with Gasteiger partial charge in [-0.15, -0.1) is 0 Å². The third-order valence-corrected chi connectivity index (χ3v) is 4.39. The van der Waals surface area contributed by atoms with Crippen molar-refractivity contribution >= 4 is 11.6 Å². The molecule has 1 aliphatic rings. The summed E-state index contributed by atoms with van der Waals surface area (Å²) >= 11 is 0. The van der Waals surface area contributed by atoms with Crippen molar-refractivity contribution in [2.75, 3.05) is 0 Å². The Labute approximate surface area is 133 Å². The number of benzene rings is 1. The van der Waals surface area contributed by atoms with Crippen LogP contribution in [-0.2, 0) is 4.79 Å². The maximum Gasteiger partial charge on any atom is 0.196 e. The second kappa shape index (κ2) is 8.67. The van der Waals surface area contributed by atoms with Crippen LogP contribution in [-0.4, -0.2) is 11.6 Å². The minimum absolute atomic E-state index is 0.0151. The Kier molecular flexibility index (Phi) is 6.57. The van der Waals surface area contributed by atoms with Crippen LogP contribution in [0.1, 0.15) is 68.6 Å². The maximum atomic E-state index is 12.7. The Hall–Kier alpha value is -1.70. The summed E-state index contributed by atoms with van der Waals surface area (Å²) in [4.78, 5) is 25.2. The van der Waals surface area contributed by atoms with E-state index in [4.69, 9.17) is 0 Å². The molecule has 0 N–H and O–H groups in total. The van der Waals surface area contributed by atoms with Crippen LogP contribution in [0.4, 0.5) is 0 Å². The fraction of sp³-hybridized carbons (Fsp3) is 0.500. The number of carbonyl (C=O) groups excluding carboxylic acids is 2. The molecule has 2 nitrogen and oxygen atoms in total. The molecule has 1 aromatic rings. The summed E-state index contributed by atoms with van der Waals surface area (Å²) in [7, 11) is 0. The zero-order chi connectivity index (χ0) is 15.8. The van der Waals surface area contributed by atoms with Crippen LogP contribution in [0.3, 0.4) is 0 Å². The van der Waals surface area contributed by atoms with E-state index in [0.717, 1.165) is 25.7 Å². The molecule has 1 fully saturated rings. The lowest BCUT2D eigenvalue weighted by atomic mass is 9.85. The summed E-state index contributed by atoms with van der Waals surface area (Å²) < 4.78 is 0. The number of unbranched alkanes of at least 4 members (excludes halogenated alkanes) is 1. The molecule has 0 unspecified atom stereocenters. The molecular formula is C20H26O2. The van der Waals surface area contributed by atoms with Gasteiger partial charge in [-0.2, -0.15) is 0 Å². The molecule has 0 amide bonds. The van der Waals surface area contributed by atoms with E-state index in [0.29, 0.717) is 23.5 Å². The number of hydrogen-bond acceptors (Lipinski definition) is 2. The molecule has 0 spiro atoms. The quantitative estimate of drug-likeness (QED) is 0.302. The molecule has 0 radical (unpaired) electrons. The molecule has 0 atom stereocenters. The topological polar surface area (TPSA) is 34.1 Å². The number of carbonyl (C=O) groups is 2. The predicted octanol–water partition coefficient (Wildman–Crippen LogP) is 5.14. The van der Waals surface area contributed by atoms with E-state index in [1.165, 1.54) is 19.3 Å². The second-order valence-corrected chi connectivity index (χ2v) is 6.20. The molecule has 0 aromatic heterocycles. The third kappa shape index (κ3) is 4.66. The van der Waals surface area contributed by atoms with Gasteiger partial charge in [0.15, 0.2) is 11.6 Å². The van der Waals surface area contributed by atoms with Gasteiger partial charge < -0.3 is 0 Å². The summed E-state index contributed by atoms with van der Waals surface area (Å²) in [6.07, 6.45) is 10.2. The number of ketones is 2. The van der Waals surface area contributed by atoms with Crippen LogP contribution < -0.4 is 0 Å². The van der Waals surface area contributed by atoms with Crippen LogP contribution in [0.2, 0.25) is 0 Å². The Morgan fingerprint density at radius 3 is 2.41 bits per heavy atom. The molecule has 2 rings (SSSR count). The fourth-order valence-corrected chi connectivity index (χ4v) is 3.05. The normalized spacial score (nSPS) is 16.5. The predicted molar refractivity (Wildman–Crippen MR) is 90.0 cm³/mol. The van der Waals surface area contributed by atoms with Crippen LogP contribution in [0.25, 0.3) is 0 Å². The molecule has 22 heavy (non-hydrogen) atoms. The van der Waals surface area contributed by atoms with Crippen molar-refractivity contribution < 1.29 is 9.59 Å². The van der Waals surface area contributed by atoms with Gasteiger partial charge in [-0.3, -0.25) is 9.59 Å². The molecular weight excluding hydrogens is 272 g/mol. The van der Waals surface area contributed by atoms with E-state index in [1.807, 2.05) is 24.3 Å². The highest BCUT2D eigenvalue weighted by molar-refractivity contribution is 6.26. The van der Waals surface area contributed by atoms with Crippen molar-refractivity contribution in [1.82, 2.24) is 0 Å². The van der Waals surface area contributed by atoms with Gasteiger partial charge >= 0.3 is 0 Å². The molecule has 2 heteroatoms. The second-order valence-electron chi connectivity index (χ2n) is 6.20. The van der Waals surface area contributed by atoms with Gasteiger partial charge in [0.05, 0.1) is 5.57 Å². The zero-order valence-corrected chi connectivity index (χ0v) is 13.5. The van der Waals surface area contributed by atoms with Gasteiger partial charge in [-0.05, 0) is 25.2 Å². The number of rotatable bonds is 7. The average molecular weight is 298 g/mol. The summed E-state index contributed by atoms with van der Waals surface area (Å²) in [5, 5.41) is 0. The monoisotopic (exact) mass is 298 g/mol. The smallest absolute Gasteiger partial charge is 0.196 e. The van der Waals surface area contributed by atoms with Gasteiger partial charge in [-0.25, -0.2) is 0 Å². The van der Waals surface area contributed by atoms with E-state index in [1.54, 1.807) is 12.1 Å². The van der Waals surface area contributed by atoms with Crippen molar-refractivity contribution in [2.45, 2.75) is 58.3 Å². The molecule has 1 saturated carbocycles. The Balaban J connectivity index is 2.22. The lowest BCUT2D eigenvalue weighted by molar-refractivity contribution is -0.115. The van der Waals surface area contributed by atoms with Crippen molar-refractivity contribution in [3.05, 3.63) is 47.5 Å². The van der Waals surface area contributed by atoms with Gasteiger partial charge in [0.1, 0.15) is 0 Å². The first-order chi connectivity index (χ1) is 10.7. The zero-order valence-electron chi connectivity index (χ0n) is 13.5. The highest BCUT2D eigenvalue weighted by Crippen LogP contribution is 2.27. The standard InChI is InChI=1S/C20H26O2/c1-2-3-14-19(21)18(15-16-10-6-4-7-11-16)20(22)17-12-8-5-9-13-17/h5,8-9,12-13,15-16H,2-4,6-7,10-11,14H2,1H3/b18-15+. The van der Waals surface area contributed by atoms with Gasteiger partial charge in [0.25, 0.3) is 0 Å². The molecule has 1 aliphatic carbocycles. The molecule has 0 saturated heterocycles. The molecule has 0 aliphatic heterocycles. The summed E-state index contributed by atoms with van der Waals surface area (Å²) in [5.74, 6) is 0.301. The Morgan fingerprint density at radius 1 is 1.09 bits per heavy atom. The van der Waals surface area contributed by atoms with Gasteiger partial charge in [-0.1, -0.05) is 69.0 Å². The van der Waals surface area contributed by atoms with E-state index in [9.17, 15) is 9.59 Å². The summed E-state index contributed by atoms with van der Waals surface area (Å²) in [6, 6.07) is 9.18. The Morgan fingerprint density at radius 2 is 1.77 bits per heavy atom. The van der Waals surface area contributed by atoms with Crippen LogP contribution >= 0.6 is 0 Å². The first-order valence-electron chi connectivity index (χ1n) is 8.57. The Bertz CT molecular complexity index is 522. The molecule has 0 heterocycles. The van der Waals surface area contributed by atoms with Crippen molar-refractivity contribution in [2.24, 2.45) is 5.92 Å². The van der Waals surface area contributed by atoms with Gasteiger partial charge in [0, 0.05) is 12.0 Å².